The second-order valence-electron chi connectivity index (χ2n) is 8.63. The molecule has 0 bridgehead atoms. The van der Waals surface area contributed by atoms with Crippen molar-refractivity contribution in [2.24, 2.45) is 0 Å². The first-order valence-electron chi connectivity index (χ1n) is 10.8. The number of aliphatic hydroxyl groups is 2. The molecule has 174 valence electrons. The predicted molar refractivity (Wildman–Crippen MR) is 113 cm³/mol. The van der Waals surface area contributed by atoms with E-state index < -0.39 is 40.8 Å². The van der Waals surface area contributed by atoms with Gasteiger partial charge in [0.15, 0.2) is 5.58 Å². The number of H-pyrrole nitrogens is 1. The number of nitrogens with zero attached hydrogens (tertiary/aromatic N) is 2. The lowest BCUT2D eigenvalue weighted by molar-refractivity contribution is -0.264. The first kappa shape index (κ1) is 21.7. The topological polar surface area (TPSA) is 110 Å². The summed E-state index contributed by atoms with van der Waals surface area (Å²) in [5.41, 5.74) is 1.65. The Morgan fingerprint density at radius 2 is 1.76 bits per heavy atom. The number of aromatic amines is 1. The van der Waals surface area contributed by atoms with Crippen LogP contribution in [0.3, 0.4) is 0 Å². The molecular formula is C23H23F2N3O5. The standard InChI is InChI=1S/C23H23F2N3O5/c24-15-2-3-16(17(25)12-15)23(31,32)28-10-7-19(21(28)29)27-8-5-13(6-9-27)14-1-4-18-20(11-14)33-22(30)26-18/h1-4,11-13,19,31-32H,5-10H2,(H,26,30). The second kappa shape index (κ2) is 8.05. The molecule has 8 nitrogen and oxygen atoms in total. The number of carbonyl (C=O) groups excluding carboxylic acids is 1. The van der Waals surface area contributed by atoms with Gasteiger partial charge in [-0.15, -0.1) is 0 Å². The van der Waals surface area contributed by atoms with Crippen LogP contribution in [0.1, 0.15) is 36.3 Å². The van der Waals surface area contributed by atoms with E-state index in [4.69, 9.17) is 4.42 Å². The van der Waals surface area contributed by atoms with Crippen molar-refractivity contribution in [3.05, 3.63) is 69.7 Å². The van der Waals surface area contributed by atoms with E-state index in [1.165, 1.54) is 0 Å². The third-order valence-corrected chi connectivity index (χ3v) is 6.73. The van der Waals surface area contributed by atoms with Crippen molar-refractivity contribution in [2.75, 3.05) is 19.6 Å². The zero-order valence-corrected chi connectivity index (χ0v) is 17.6. The summed E-state index contributed by atoms with van der Waals surface area (Å²) in [6.45, 7) is 1.29. The summed E-state index contributed by atoms with van der Waals surface area (Å²) in [7, 11) is 0. The molecule has 10 heteroatoms. The van der Waals surface area contributed by atoms with E-state index in [1.807, 2.05) is 23.1 Å². The molecule has 5 rings (SSSR count). The average Bonchev–Trinajstić information content (AvgIpc) is 3.35. The summed E-state index contributed by atoms with van der Waals surface area (Å²) >= 11 is 0. The number of hydrogen-bond acceptors (Lipinski definition) is 6. The summed E-state index contributed by atoms with van der Waals surface area (Å²) < 4.78 is 32.5. The van der Waals surface area contributed by atoms with Crippen LogP contribution in [-0.2, 0) is 10.7 Å². The number of nitrogens with one attached hydrogen (secondary N) is 1. The van der Waals surface area contributed by atoms with E-state index in [2.05, 4.69) is 4.98 Å². The van der Waals surface area contributed by atoms with Gasteiger partial charge >= 0.3 is 5.76 Å². The molecule has 3 N–H and O–H groups in total. The van der Waals surface area contributed by atoms with Crippen LogP contribution < -0.4 is 5.76 Å². The number of oxazole rings is 1. The van der Waals surface area contributed by atoms with Crippen molar-refractivity contribution in [1.29, 1.82) is 0 Å². The molecular weight excluding hydrogens is 436 g/mol. The van der Waals surface area contributed by atoms with Crippen LogP contribution in [0.4, 0.5) is 8.78 Å². The van der Waals surface area contributed by atoms with Gasteiger partial charge in [0.2, 0.25) is 5.91 Å². The Labute approximate surface area is 187 Å². The van der Waals surface area contributed by atoms with E-state index in [1.54, 1.807) is 0 Å². The van der Waals surface area contributed by atoms with Crippen molar-refractivity contribution in [1.82, 2.24) is 14.8 Å². The van der Waals surface area contributed by atoms with E-state index in [9.17, 15) is 28.6 Å². The molecule has 2 saturated heterocycles. The monoisotopic (exact) mass is 459 g/mol. The maximum Gasteiger partial charge on any atom is 0.417 e. The molecule has 1 atom stereocenters. The van der Waals surface area contributed by atoms with E-state index in [-0.39, 0.29) is 12.5 Å². The smallest absolute Gasteiger partial charge is 0.408 e. The summed E-state index contributed by atoms with van der Waals surface area (Å²) in [6, 6.07) is 7.49. The van der Waals surface area contributed by atoms with Crippen molar-refractivity contribution < 1.29 is 28.2 Å². The average molecular weight is 459 g/mol. The SMILES string of the molecule is O=C1C(N2CCC(c3ccc4[nH]c(=O)oc4c3)CC2)CCN1C(O)(O)c1ccc(F)cc1F. The third-order valence-electron chi connectivity index (χ3n) is 6.73. The van der Waals surface area contributed by atoms with Crippen LogP contribution in [0.15, 0.2) is 45.6 Å². The number of halogens is 2. The number of rotatable bonds is 4. The van der Waals surface area contributed by atoms with Gasteiger partial charge in [-0.25, -0.2) is 13.6 Å². The summed E-state index contributed by atoms with van der Waals surface area (Å²) in [4.78, 5) is 29.9. The lowest BCUT2D eigenvalue weighted by atomic mass is 9.88. The van der Waals surface area contributed by atoms with Crippen molar-refractivity contribution in [3.63, 3.8) is 0 Å². The molecule has 33 heavy (non-hydrogen) atoms. The van der Waals surface area contributed by atoms with Gasteiger partial charge in [0.1, 0.15) is 11.6 Å². The molecule has 2 aliphatic heterocycles. The van der Waals surface area contributed by atoms with Gasteiger partial charge in [0.05, 0.1) is 17.1 Å². The zero-order chi connectivity index (χ0) is 23.3. The van der Waals surface area contributed by atoms with Crippen LogP contribution in [-0.4, -0.2) is 56.6 Å². The number of amides is 1. The van der Waals surface area contributed by atoms with Gasteiger partial charge in [0.25, 0.3) is 5.91 Å². The van der Waals surface area contributed by atoms with Crippen molar-refractivity contribution >= 4 is 17.0 Å². The Hall–Kier alpha value is -3.08. The first-order valence-corrected chi connectivity index (χ1v) is 10.8. The van der Waals surface area contributed by atoms with Crippen LogP contribution in [0.2, 0.25) is 0 Å². The highest BCUT2D eigenvalue weighted by Gasteiger charge is 2.48. The molecule has 3 aromatic rings. The zero-order valence-electron chi connectivity index (χ0n) is 17.6. The number of hydrogen-bond donors (Lipinski definition) is 3. The molecule has 1 amide bonds. The number of benzene rings is 2. The maximum absolute atomic E-state index is 14.1. The minimum absolute atomic E-state index is 0.0381. The summed E-state index contributed by atoms with van der Waals surface area (Å²) in [6.07, 6.45) is 1.93. The highest BCUT2D eigenvalue weighted by atomic mass is 19.1. The molecule has 2 fully saturated rings. The van der Waals surface area contributed by atoms with Gasteiger partial charge in [-0.05, 0) is 68.1 Å². The van der Waals surface area contributed by atoms with Gasteiger partial charge in [-0.3, -0.25) is 19.6 Å². The number of fused-ring (bicyclic) bond motifs is 1. The number of piperidine rings is 1. The lowest BCUT2D eigenvalue weighted by Gasteiger charge is -2.36. The quantitative estimate of drug-likeness (QED) is 0.515. The minimum atomic E-state index is -2.86. The normalized spacial score (nSPS) is 20.8. The van der Waals surface area contributed by atoms with Gasteiger partial charge in [-0.1, -0.05) is 6.07 Å². The molecule has 1 aromatic heterocycles. The Morgan fingerprint density at radius 3 is 2.48 bits per heavy atom. The minimum Gasteiger partial charge on any atom is -0.408 e. The molecule has 2 aliphatic rings. The van der Waals surface area contributed by atoms with Crippen LogP contribution >= 0.6 is 0 Å². The molecule has 0 radical (unpaired) electrons. The second-order valence-corrected chi connectivity index (χ2v) is 8.63. The number of carbonyl (C=O) groups is 1. The lowest BCUT2D eigenvalue weighted by Crippen LogP contribution is -2.52. The molecule has 0 aliphatic carbocycles. The van der Waals surface area contributed by atoms with E-state index in [0.717, 1.165) is 35.4 Å². The number of aromatic nitrogens is 1. The predicted octanol–water partition coefficient (Wildman–Crippen LogP) is 1.97. The highest BCUT2D eigenvalue weighted by Crippen LogP contribution is 2.35. The molecule has 0 spiro atoms. The van der Waals surface area contributed by atoms with Gasteiger partial charge in [-0.2, -0.15) is 0 Å². The summed E-state index contributed by atoms with van der Waals surface area (Å²) in [5, 5.41) is 21.1. The fourth-order valence-corrected chi connectivity index (χ4v) is 4.98. The third kappa shape index (κ3) is 3.84. The molecule has 3 heterocycles. The molecule has 2 aromatic carbocycles. The van der Waals surface area contributed by atoms with Crippen LogP contribution in [0.25, 0.3) is 11.1 Å². The van der Waals surface area contributed by atoms with Crippen LogP contribution in [0.5, 0.6) is 0 Å². The Kier molecular flexibility index (Phi) is 5.31. The Morgan fingerprint density at radius 1 is 1.00 bits per heavy atom. The summed E-state index contributed by atoms with van der Waals surface area (Å²) in [5.74, 6) is -5.60. The van der Waals surface area contributed by atoms with Crippen molar-refractivity contribution in [3.8, 4) is 0 Å². The molecule has 1 unspecified atom stereocenters. The highest BCUT2D eigenvalue weighted by molar-refractivity contribution is 5.84. The Bertz CT molecular complexity index is 1260. The molecule has 0 saturated carbocycles. The van der Waals surface area contributed by atoms with Gasteiger partial charge < -0.3 is 14.6 Å². The fraction of sp³-hybridized carbons (Fsp3) is 0.391. The van der Waals surface area contributed by atoms with Crippen LogP contribution in [0, 0.1) is 11.6 Å². The van der Waals surface area contributed by atoms with Gasteiger partial charge in [0, 0.05) is 12.6 Å². The van der Waals surface area contributed by atoms with Crippen molar-refractivity contribution in [2.45, 2.75) is 37.1 Å². The van der Waals surface area contributed by atoms with E-state index in [0.29, 0.717) is 36.7 Å². The Balaban J connectivity index is 1.26. The fourth-order valence-electron chi connectivity index (χ4n) is 4.98. The number of likely N-dealkylation sites (tertiary alicyclic amines) is 2. The largest absolute Gasteiger partial charge is 0.417 e. The maximum atomic E-state index is 14.1. The van der Waals surface area contributed by atoms with E-state index >= 15 is 0 Å². The first-order chi connectivity index (χ1) is 15.7.